The fourth-order valence-corrected chi connectivity index (χ4v) is 4.73. The summed E-state index contributed by atoms with van der Waals surface area (Å²) in [5.41, 5.74) is 2.63. The van der Waals surface area contributed by atoms with E-state index in [2.05, 4.69) is 10.0 Å². The van der Waals surface area contributed by atoms with Gasteiger partial charge in [0.05, 0.1) is 21.7 Å². The number of ether oxygens (including phenoxy) is 1. The third-order valence-electron chi connectivity index (χ3n) is 4.56. The molecule has 0 saturated heterocycles. The summed E-state index contributed by atoms with van der Waals surface area (Å²) in [7, 11) is -3.75. The minimum absolute atomic E-state index is 0.138. The summed E-state index contributed by atoms with van der Waals surface area (Å²) >= 11 is 0. The first-order valence-corrected chi connectivity index (χ1v) is 10.2. The smallest absolute Gasteiger partial charge is 0.262 e. The van der Waals surface area contributed by atoms with E-state index in [1.165, 1.54) is 0 Å². The van der Waals surface area contributed by atoms with Crippen LogP contribution in [0.3, 0.4) is 0 Å². The Morgan fingerprint density at radius 3 is 2.33 bits per heavy atom. The predicted molar refractivity (Wildman–Crippen MR) is 106 cm³/mol. The topological polar surface area (TPSA) is 84.5 Å². The van der Waals surface area contributed by atoms with Gasteiger partial charge in [0.2, 0.25) is 5.91 Å². The molecule has 3 rings (SSSR count). The Kier molecular flexibility index (Phi) is 4.67. The lowest BCUT2D eigenvalue weighted by atomic mass is 9.94. The summed E-state index contributed by atoms with van der Waals surface area (Å²) in [6.45, 7) is 9.29. The molecular formula is C20H24N2O4S. The lowest BCUT2D eigenvalue weighted by Crippen LogP contribution is -2.33. The van der Waals surface area contributed by atoms with Crippen molar-refractivity contribution in [3.8, 4) is 5.75 Å². The molecule has 0 radical (unpaired) electrons. The maximum atomic E-state index is 12.9. The van der Waals surface area contributed by atoms with Crippen LogP contribution in [0.1, 0.15) is 30.5 Å². The number of benzene rings is 2. The fourth-order valence-electron chi connectivity index (χ4n) is 3.22. The molecule has 0 fully saturated rings. The Labute approximate surface area is 160 Å². The lowest BCUT2D eigenvalue weighted by Gasteiger charge is -2.18. The number of rotatable bonds is 3. The van der Waals surface area contributed by atoms with Gasteiger partial charge in [0.25, 0.3) is 10.0 Å². The molecule has 0 unspecified atom stereocenters. The van der Waals surface area contributed by atoms with Crippen molar-refractivity contribution in [1.29, 1.82) is 0 Å². The Bertz CT molecular complexity index is 1000. The molecule has 2 aromatic rings. The first-order chi connectivity index (χ1) is 12.5. The molecule has 7 heteroatoms. The van der Waals surface area contributed by atoms with E-state index in [0.29, 0.717) is 28.3 Å². The molecule has 2 N–H and O–H groups in total. The molecule has 0 saturated carbocycles. The molecule has 1 aliphatic rings. The molecule has 1 aliphatic heterocycles. The van der Waals surface area contributed by atoms with Gasteiger partial charge in [-0.05, 0) is 57.9 Å². The van der Waals surface area contributed by atoms with E-state index in [1.807, 2.05) is 19.1 Å². The minimum Gasteiger partial charge on any atom is -0.490 e. The number of hydrogen-bond acceptors (Lipinski definition) is 4. The number of sulfonamides is 1. The summed E-state index contributed by atoms with van der Waals surface area (Å²) in [5, 5.41) is 2.82. The van der Waals surface area contributed by atoms with Crippen molar-refractivity contribution in [3.05, 3.63) is 47.0 Å². The first kappa shape index (κ1) is 19.2. The van der Waals surface area contributed by atoms with Crippen LogP contribution in [-0.4, -0.2) is 20.9 Å². The Hall–Kier alpha value is -2.54. The van der Waals surface area contributed by atoms with Crippen LogP contribution in [-0.2, 0) is 14.8 Å². The van der Waals surface area contributed by atoms with Crippen LogP contribution in [0, 0.1) is 26.2 Å². The van der Waals surface area contributed by atoms with Gasteiger partial charge in [-0.1, -0.05) is 17.7 Å². The van der Waals surface area contributed by atoms with E-state index in [0.717, 1.165) is 5.56 Å². The van der Waals surface area contributed by atoms with Crippen LogP contribution in [0.25, 0.3) is 0 Å². The zero-order chi connectivity index (χ0) is 20.0. The van der Waals surface area contributed by atoms with Gasteiger partial charge in [0.15, 0.2) is 0 Å². The van der Waals surface area contributed by atoms with Crippen LogP contribution in [0.2, 0.25) is 0 Å². The first-order valence-electron chi connectivity index (χ1n) is 8.68. The molecule has 0 aromatic heterocycles. The van der Waals surface area contributed by atoms with Crippen LogP contribution in [0.5, 0.6) is 5.75 Å². The van der Waals surface area contributed by atoms with Crippen molar-refractivity contribution in [3.63, 3.8) is 0 Å². The van der Waals surface area contributed by atoms with Crippen molar-refractivity contribution in [2.45, 2.75) is 39.5 Å². The second-order valence-corrected chi connectivity index (χ2v) is 9.29. The highest BCUT2D eigenvalue weighted by atomic mass is 32.2. The lowest BCUT2D eigenvalue weighted by molar-refractivity contribution is -0.124. The molecule has 0 spiro atoms. The van der Waals surface area contributed by atoms with Gasteiger partial charge in [-0.2, -0.15) is 0 Å². The van der Waals surface area contributed by atoms with Gasteiger partial charge in [0.1, 0.15) is 12.4 Å². The fraction of sp³-hybridized carbons (Fsp3) is 0.350. The highest BCUT2D eigenvalue weighted by Gasteiger charge is 2.32. The quantitative estimate of drug-likeness (QED) is 0.838. The van der Waals surface area contributed by atoms with Gasteiger partial charge in [-0.25, -0.2) is 8.42 Å². The van der Waals surface area contributed by atoms with Crippen LogP contribution >= 0.6 is 0 Å². The van der Waals surface area contributed by atoms with E-state index in [9.17, 15) is 13.2 Å². The third-order valence-corrected chi connectivity index (χ3v) is 6.24. The number of carbonyl (C=O) groups is 1. The predicted octanol–water partition coefficient (Wildman–Crippen LogP) is 3.77. The van der Waals surface area contributed by atoms with Crippen molar-refractivity contribution in [2.75, 3.05) is 16.6 Å². The maximum Gasteiger partial charge on any atom is 0.262 e. The van der Waals surface area contributed by atoms with Gasteiger partial charge in [0, 0.05) is 6.07 Å². The highest BCUT2D eigenvalue weighted by molar-refractivity contribution is 7.92. The van der Waals surface area contributed by atoms with Gasteiger partial charge < -0.3 is 10.1 Å². The molecular weight excluding hydrogens is 364 g/mol. The molecule has 27 heavy (non-hydrogen) atoms. The average molecular weight is 388 g/mol. The number of amides is 1. The van der Waals surface area contributed by atoms with Crippen molar-refractivity contribution >= 4 is 27.3 Å². The van der Waals surface area contributed by atoms with Crippen molar-refractivity contribution in [1.82, 2.24) is 0 Å². The van der Waals surface area contributed by atoms with Crippen LogP contribution in [0.4, 0.5) is 11.4 Å². The minimum atomic E-state index is -3.75. The second-order valence-electron chi connectivity index (χ2n) is 7.67. The largest absolute Gasteiger partial charge is 0.490 e. The summed E-state index contributed by atoms with van der Waals surface area (Å²) in [4.78, 5) is 12.5. The van der Waals surface area contributed by atoms with Gasteiger partial charge >= 0.3 is 0 Å². The molecule has 0 aliphatic carbocycles. The van der Waals surface area contributed by atoms with Crippen molar-refractivity contribution < 1.29 is 17.9 Å². The SMILES string of the molecule is Cc1cc(C)c(S(=O)(=O)Nc2ccc3c(c2)OCC(C)(C)C(=O)N3)c(C)c1. The highest BCUT2D eigenvalue weighted by Crippen LogP contribution is 2.35. The van der Waals surface area contributed by atoms with Crippen LogP contribution in [0.15, 0.2) is 35.2 Å². The number of aryl methyl sites for hydroxylation is 3. The third kappa shape index (κ3) is 3.78. The van der Waals surface area contributed by atoms with Crippen LogP contribution < -0.4 is 14.8 Å². The number of hydrogen-bond donors (Lipinski definition) is 2. The molecule has 6 nitrogen and oxygen atoms in total. The molecule has 0 atom stereocenters. The number of nitrogens with one attached hydrogen (secondary N) is 2. The number of carbonyl (C=O) groups excluding carboxylic acids is 1. The molecule has 1 heterocycles. The molecule has 144 valence electrons. The Morgan fingerprint density at radius 2 is 1.70 bits per heavy atom. The standard InChI is InChI=1S/C20H24N2O4S/c1-12-8-13(2)18(14(3)9-12)27(24,25)22-15-6-7-16-17(10-15)26-11-20(4,5)19(23)21-16/h6-10,22H,11H2,1-5H3,(H,21,23). The van der Waals surface area contributed by atoms with Gasteiger partial charge in [-0.15, -0.1) is 0 Å². The summed E-state index contributed by atoms with van der Waals surface area (Å²) in [6.07, 6.45) is 0. The zero-order valence-corrected chi connectivity index (χ0v) is 17.0. The zero-order valence-electron chi connectivity index (χ0n) is 16.1. The monoisotopic (exact) mass is 388 g/mol. The van der Waals surface area contributed by atoms with Crippen molar-refractivity contribution in [2.24, 2.45) is 5.41 Å². The average Bonchev–Trinajstić information content (AvgIpc) is 2.63. The van der Waals surface area contributed by atoms with E-state index >= 15 is 0 Å². The molecule has 1 amide bonds. The number of anilines is 2. The van der Waals surface area contributed by atoms with E-state index in [-0.39, 0.29) is 17.4 Å². The Morgan fingerprint density at radius 1 is 1.07 bits per heavy atom. The Balaban J connectivity index is 1.94. The van der Waals surface area contributed by atoms with E-state index in [4.69, 9.17) is 4.74 Å². The number of fused-ring (bicyclic) bond motifs is 1. The second kappa shape index (κ2) is 6.56. The molecule has 2 aromatic carbocycles. The van der Waals surface area contributed by atoms with E-state index < -0.39 is 15.4 Å². The summed E-state index contributed by atoms with van der Waals surface area (Å²) < 4.78 is 34.2. The maximum absolute atomic E-state index is 12.9. The molecule has 0 bridgehead atoms. The van der Waals surface area contributed by atoms with E-state index in [1.54, 1.807) is 45.9 Å². The summed E-state index contributed by atoms with van der Waals surface area (Å²) in [5.74, 6) is 0.298. The normalized spacial score (nSPS) is 16.0. The summed E-state index contributed by atoms with van der Waals surface area (Å²) in [6, 6.07) is 8.53. The van der Waals surface area contributed by atoms with Gasteiger partial charge in [-0.3, -0.25) is 9.52 Å².